The number of aliphatic hydroxyl groups is 8. The molecule has 20 nitrogen and oxygen atoms in total. The standard InChI is InChI=1S/C42H58O20/c1-37(15-43,16-44)31(51)57-23-41(5,24-58-32(52)38(2,17-45)18-46)35(55)61-29-11-7-27(8-12-29)28-9-13-30(14-10-28)62-36(56)42(6,25-59-33(53)39(3,19-47)20-48)26-60-34(54)40(4,21-49)22-50/h7-14,43-50H,15-26H2,1-6H3. The molecule has 0 saturated carbocycles. The van der Waals surface area contributed by atoms with Crippen LogP contribution in [0.25, 0.3) is 11.1 Å². The van der Waals surface area contributed by atoms with E-state index in [4.69, 9.17) is 28.4 Å². The average molecular weight is 883 g/mol. The summed E-state index contributed by atoms with van der Waals surface area (Å²) in [7, 11) is 0. The van der Waals surface area contributed by atoms with E-state index < -0.39 is 148 Å². The first kappa shape index (κ1) is 53.1. The van der Waals surface area contributed by atoms with Crippen LogP contribution in [0.4, 0.5) is 0 Å². The Balaban J connectivity index is 2.29. The lowest BCUT2D eigenvalue weighted by Gasteiger charge is -2.30. The summed E-state index contributed by atoms with van der Waals surface area (Å²) in [6.45, 7) is -1.71. The summed E-state index contributed by atoms with van der Waals surface area (Å²) in [5, 5.41) is 76.7. The molecule has 0 atom stereocenters. The minimum absolute atomic E-state index is 0.0107. The molecule has 20 heteroatoms. The summed E-state index contributed by atoms with van der Waals surface area (Å²) in [6, 6.07) is 12.0. The molecule has 0 unspecified atom stereocenters. The maximum Gasteiger partial charge on any atom is 0.324 e. The van der Waals surface area contributed by atoms with Crippen molar-refractivity contribution >= 4 is 35.8 Å². The molecule has 0 amide bonds. The Morgan fingerprint density at radius 3 is 0.710 bits per heavy atom. The number of hydrogen-bond acceptors (Lipinski definition) is 20. The van der Waals surface area contributed by atoms with Gasteiger partial charge in [0.1, 0.15) is 70.4 Å². The van der Waals surface area contributed by atoms with E-state index in [-0.39, 0.29) is 11.5 Å². The lowest BCUT2D eigenvalue weighted by molar-refractivity contribution is -0.178. The predicted molar refractivity (Wildman–Crippen MR) is 212 cm³/mol. The van der Waals surface area contributed by atoms with Crippen LogP contribution in [0, 0.1) is 32.5 Å². The van der Waals surface area contributed by atoms with Gasteiger partial charge in [0, 0.05) is 0 Å². The zero-order valence-corrected chi connectivity index (χ0v) is 35.6. The van der Waals surface area contributed by atoms with Gasteiger partial charge in [0.2, 0.25) is 0 Å². The van der Waals surface area contributed by atoms with Crippen LogP contribution in [0.1, 0.15) is 41.5 Å². The van der Waals surface area contributed by atoms with Crippen molar-refractivity contribution in [2.75, 3.05) is 79.3 Å². The van der Waals surface area contributed by atoms with Gasteiger partial charge in [-0.05, 0) is 76.9 Å². The third-order valence-electron chi connectivity index (χ3n) is 10.3. The van der Waals surface area contributed by atoms with E-state index in [2.05, 4.69) is 0 Å². The first-order chi connectivity index (χ1) is 29.0. The fraction of sp³-hybridized carbons (Fsp3) is 0.571. The Hall–Kier alpha value is -5.06. The lowest BCUT2D eigenvalue weighted by atomic mass is 9.90. The van der Waals surface area contributed by atoms with E-state index in [1.54, 1.807) is 24.3 Å². The zero-order chi connectivity index (χ0) is 47.2. The van der Waals surface area contributed by atoms with E-state index in [1.807, 2.05) is 0 Å². The Kier molecular flexibility index (Phi) is 19.1. The second-order valence-corrected chi connectivity index (χ2v) is 16.8. The molecule has 0 fully saturated rings. The van der Waals surface area contributed by atoms with E-state index >= 15 is 0 Å². The molecule has 0 spiro atoms. The third-order valence-corrected chi connectivity index (χ3v) is 10.3. The van der Waals surface area contributed by atoms with Crippen LogP contribution in [0.3, 0.4) is 0 Å². The van der Waals surface area contributed by atoms with Crippen LogP contribution in [0.5, 0.6) is 11.5 Å². The van der Waals surface area contributed by atoms with Crippen LogP contribution in [-0.4, -0.2) is 156 Å². The smallest absolute Gasteiger partial charge is 0.324 e. The van der Waals surface area contributed by atoms with Crippen LogP contribution in [0.2, 0.25) is 0 Å². The van der Waals surface area contributed by atoms with Gasteiger partial charge in [-0.1, -0.05) is 24.3 Å². The molecule has 62 heavy (non-hydrogen) atoms. The molecular formula is C42H58O20. The molecule has 8 N–H and O–H groups in total. The van der Waals surface area contributed by atoms with Gasteiger partial charge in [0.25, 0.3) is 0 Å². The van der Waals surface area contributed by atoms with Crippen LogP contribution in [0.15, 0.2) is 48.5 Å². The number of rotatable bonds is 25. The van der Waals surface area contributed by atoms with Crippen molar-refractivity contribution in [1.82, 2.24) is 0 Å². The molecule has 0 heterocycles. The molecule has 2 aromatic carbocycles. The summed E-state index contributed by atoms with van der Waals surface area (Å²) in [6.07, 6.45) is 0. The highest BCUT2D eigenvalue weighted by molar-refractivity contribution is 5.84. The maximum absolute atomic E-state index is 13.5. The SMILES string of the molecule is CC(CO)(CO)C(=O)OCC(C)(COC(=O)C(C)(CO)CO)C(=O)Oc1ccc(-c2ccc(OC(=O)C(C)(COC(=O)C(C)(CO)CO)COC(=O)C(C)(CO)CO)cc2)cc1. The normalized spacial score (nSPS) is 12.5. The van der Waals surface area contributed by atoms with Crippen molar-refractivity contribution in [3.63, 3.8) is 0 Å². The number of aliphatic hydroxyl groups excluding tert-OH is 8. The fourth-order valence-electron chi connectivity index (χ4n) is 4.52. The van der Waals surface area contributed by atoms with E-state index in [0.29, 0.717) is 11.1 Å². The molecule has 2 aromatic rings. The molecule has 0 bridgehead atoms. The van der Waals surface area contributed by atoms with Crippen molar-refractivity contribution in [3.8, 4) is 22.6 Å². The highest BCUT2D eigenvalue weighted by atomic mass is 16.6. The minimum atomic E-state index is -1.87. The van der Waals surface area contributed by atoms with E-state index in [9.17, 15) is 69.6 Å². The van der Waals surface area contributed by atoms with Gasteiger partial charge in [-0.3, -0.25) is 28.8 Å². The number of esters is 6. The Morgan fingerprint density at radius 1 is 0.339 bits per heavy atom. The van der Waals surface area contributed by atoms with Crippen LogP contribution >= 0.6 is 0 Å². The Labute approximate surface area is 357 Å². The summed E-state index contributed by atoms with van der Waals surface area (Å²) in [5.74, 6) is -6.25. The van der Waals surface area contributed by atoms with Crippen molar-refractivity contribution in [2.45, 2.75) is 41.5 Å². The van der Waals surface area contributed by atoms with Gasteiger partial charge in [-0.25, -0.2) is 0 Å². The van der Waals surface area contributed by atoms with Gasteiger partial charge in [0.05, 0.1) is 52.9 Å². The molecule has 0 aliphatic rings. The van der Waals surface area contributed by atoms with Gasteiger partial charge >= 0.3 is 35.8 Å². The quantitative estimate of drug-likeness (QED) is 0.0348. The second kappa shape index (κ2) is 22.3. The third kappa shape index (κ3) is 13.0. The lowest BCUT2D eigenvalue weighted by Crippen LogP contribution is -2.46. The minimum Gasteiger partial charge on any atom is -0.464 e. The molecule has 346 valence electrons. The van der Waals surface area contributed by atoms with Gasteiger partial charge in [-0.15, -0.1) is 0 Å². The number of benzene rings is 2. The molecule has 0 aliphatic heterocycles. The van der Waals surface area contributed by atoms with Crippen molar-refractivity contribution < 1.29 is 98.0 Å². The zero-order valence-electron chi connectivity index (χ0n) is 35.6. The molecule has 0 radical (unpaired) electrons. The maximum atomic E-state index is 13.5. The van der Waals surface area contributed by atoms with Crippen LogP contribution in [-0.2, 0) is 47.7 Å². The van der Waals surface area contributed by atoms with Crippen molar-refractivity contribution in [3.05, 3.63) is 48.5 Å². The van der Waals surface area contributed by atoms with E-state index in [1.165, 1.54) is 65.8 Å². The number of hydrogen-bond donors (Lipinski definition) is 8. The molecule has 2 rings (SSSR count). The van der Waals surface area contributed by atoms with Crippen molar-refractivity contribution in [2.24, 2.45) is 32.5 Å². The first-order valence-electron chi connectivity index (χ1n) is 19.2. The summed E-state index contributed by atoms with van der Waals surface area (Å²) in [5.41, 5.74) is -9.42. The molecule has 0 aliphatic carbocycles. The topological polar surface area (TPSA) is 320 Å². The Bertz CT molecular complexity index is 1620. The van der Waals surface area contributed by atoms with Crippen LogP contribution < -0.4 is 9.47 Å². The van der Waals surface area contributed by atoms with E-state index in [0.717, 1.165) is 0 Å². The number of ether oxygens (including phenoxy) is 6. The largest absolute Gasteiger partial charge is 0.464 e. The fourth-order valence-corrected chi connectivity index (χ4v) is 4.52. The Morgan fingerprint density at radius 2 is 0.532 bits per heavy atom. The highest BCUT2D eigenvalue weighted by Gasteiger charge is 2.45. The summed E-state index contributed by atoms with van der Waals surface area (Å²) < 4.78 is 32.1. The summed E-state index contributed by atoms with van der Waals surface area (Å²) in [4.78, 5) is 77.8. The van der Waals surface area contributed by atoms with Crippen molar-refractivity contribution in [1.29, 1.82) is 0 Å². The average Bonchev–Trinajstić information content (AvgIpc) is 3.29. The first-order valence-corrected chi connectivity index (χ1v) is 19.2. The molecule has 0 aromatic heterocycles. The van der Waals surface area contributed by atoms with Gasteiger partial charge in [0.15, 0.2) is 0 Å². The molecule has 0 saturated heterocycles. The van der Waals surface area contributed by atoms with Gasteiger partial charge in [-0.2, -0.15) is 0 Å². The highest BCUT2D eigenvalue weighted by Crippen LogP contribution is 2.31. The second-order valence-electron chi connectivity index (χ2n) is 16.8. The monoisotopic (exact) mass is 882 g/mol. The summed E-state index contributed by atoms with van der Waals surface area (Å²) >= 11 is 0. The number of carbonyl (C=O) groups excluding carboxylic acids is 6. The molecular weight excluding hydrogens is 824 g/mol. The van der Waals surface area contributed by atoms with Gasteiger partial charge < -0.3 is 69.3 Å². The predicted octanol–water partition coefficient (Wildman–Crippen LogP) is -0.687. The number of carbonyl (C=O) groups is 6.